The highest BCUT2D eigenvalue weighted by atomic mass is 19.4. The van der Waals surface area contributed by atoms with E-state index in [0.29, 0.717) is 59.7 Å². The summed E-state index contributed by atoms with van der Waals surface area (Å²) in [6, 6.07) is 16.9. The summed E-state index contributed by atoms with van der Waals surface area (Å²) in [4.78, 5) is 24.8. The van der Waals surface area contributed by atoms with Crippen LogP contribution in [0.3, 0.4) is 0 Å². The Labute approximate surface area is 318 Å². The number of benzene rings is 4. The summed E-state index contributed by atoms with van der Waals surface area (Å²) in [6.07, 6.45) is -3.17. The second kappa shape index (κ2) is 14.6. The van der Waals surface area contributed by atoms with Gasteiger partial charge in [-0.15, -0.1) is 0 Å². The van der Waals surface area contributed by atoms with Gasteiger partial charge in [0.1, 0.15) is 22.3 Å². The number of ether oxygens (including phenoxy) is 1. The van der Waals surface area contributed by atoms with Gasteiger partial charge in [0.25, 0.3) is 0 Å². The molecule has 0 amide bonds. The summed E-state index contributed by atoms with van der Waals surface area (Å²) in [5, 5.41) is 9.41. The van der Waals surface area contributed by atoms with Gasteiger partial charge in [-0.3, -0.25) is 14.6 Å². The van der Waals surface area contributed by atoms with Crippen LogP contribution in [0.1, 0.15) is 47.6 Å². The number of halogens is 5. The average molecular weight is 775 g/mol. The Bertz CT molecular complexity index is 2460. The number of aliphatic carboxylic acids is 1. The molecule has 0 bridgehead atoms. The van der Waals surface area contributed by atoms with E-state index >= 15 is 0 Å². The predicted molar refractivity (Wildman–Crippen MR) is 199 cm³/mol. The number of likely N-dealkylation sites (tertiary alicyclic amines) is 2. The van der Waals surface area contributed by atoms with Gasteiger partial charge < -0.3 is 18.7 Å². The van der Waals surface area contributed by atoms with Gasteiger partial charge in [-0.2, -0.15) is 22.0 Å². The van der Waals surface area contributed by atoms with Gasteiger partial charge in [0.15, 0.2) is 11.2 Å². The highest BCUT2D eigenvalue weighted by Gasteiger charge is 2.36. The van der Waals surface area contributed by atoms with Crippen molar-refractivity contribution in [2.75, 3.05) is 26.2 Å². The van der Waals surface area contributed by atoms with Crippen LogP contribution in [0, 0.1) is 25.7 Å². The summed E-state index contributed by atoms with van der Waals surface area (Å²) in [5.74, 6) is -0.683. The minimum atomic E-state index is -4.64. The van der Waals surface area contributed by atoms with E-state index in [2.05, 4.69) is 16.8 Å². The van der Waals surface area contributed by atoms with Crippen LogP contribution in [-0.2, 0) is 24.1 Å². The molecule has 0 saturated carbocycles. The molecule has 292 valence electrons. The zero-order valence-electron chi connectivity index (χ0n) is 30.9. The van der Waals surface area contributed by atoms with Crippen LogP contribution in [0.4, 0.5) is 22.0 Å². The van der Waals surface area contributed by atoms with E-state index in [9.17, 15) is 31.9 Å². The summed E-state index contributed by atoms with van der Waals surface area (Å²) >= 11 is 0. The summed E-state index contributed by atoms with van der Waals surface area (Å²) in [5.41, 5.74) is 4.91. The van der Waals surface area contributed by atoms with Gasteiger partial charge in [0.05, 0.1) is 5.92 Å². The Morgan fingerprint density at radius 3 is 2.09 bits per heavy atom. The van der Waals surface area contributed by atoms with Gasteiger partial charge in [0.2, 0.25) is 11.8 Å². The molecule has 4 aromatic carbocycles. The number of fused-ring (bicyclic) bond motifs is 2. The maximum absolute atomic E-state index is 14.4. The molecular weight excluding hydrogens is 735 g/mol. The topological polar surface area (TPSA) is 105 Å². The van der Waals surface area contributed by atoms with E-state index in [4.69, 9.17) is 18.6 Å². The lowest BCUT2D eigenvalue weighted by molar-refractivity contribution is -0.141. The van der Waals surface area contributed by atoms with E-state index in [0.717, 1.165) is 41.8 Å². The number of carbonyl (C=O) groups is 1. The van der Waals surface area contributed by atoms with Crippen LogP contribution in [0.25, 0.3) is 56.2 Å². The number of alkyl halides is 5. The fraction of sp³-hybridized carbons (Fsp3) is 0.357. The smallest absolute Gasteiger partial charge is 0.420 e. The van der Waals surface area contributed by atoms with Crippen LogP contribution in [0.5, 0.6) is 5.75 Å². The standard InChI is InChI=1S/C42H39F5N4O5/c1-22-10-12-50(18-22)19-25-14-32(42(45,46)47)37-34(15-25)49-39(56-37)31-9-5-7-29(24(31)3)28-6-4-8-30(23(28)2)38-48-33-16-27(21-51-13-11-26(20-51)40(52)53)35(55-41(43)44)17-36(33)54-38/h4-9,14-17,22,26,41H,10-13,18-21H2,1-3H3,(H,52,53)/t22?,26-/m1/s1. The molecule has 1 unspecified atom stereocenters. The number of nitrogens with zero attached hydrogens (tertiary/aromatic N) is 4. The first-order valence-corrected chi connectivity index (χ1v) is 18.5. The number of aromatic nitrogens is 2. The third-order valence-electron chi connectivity index (χ3n) is 11.0. The van der Waals surface area contributed by atoms with E-state index in [1.54, 1.807) is 24.3 Å². The molecule has 4 heterocycles. The van der Waals surface area contributed by atoms with Gasteiger partial charge in [0, 0.05) is 48.9 Å². The Morgan fingerprint density at radius 2 is 1.48 bits per heavy atom. The van der Waals surface area contributed by atoms with Crippen molar-refractivity contribution < 1.29 is 45.4 Å². The van der Waals surface area contributed by atoms with Gasteiger partial charge in [-0.25, -0.2) is 9.97 Å². The molecule has 0 spiro atoms. The zero-order chi connectivity index (χ0) is 39.5. The number of oxazole rings is 2. The molecule has 56 heavy (non-hydrogen) atoms. The third kappa shape index (κ3) is 7.35. The van der Waals surface area contributed by atoms with Crippen LogP contribution in [-0.4, -0.2) is 63.6 Å². The maximum atomic E-state index is 14.4. The van der Waals surface area contributed by atoms with Gasteiger partial charge in [-0.05, 0) is 104 Å². The Balaban J connectivity index is 1.13. The van der Waals surface area contributed by atoms with Crippen LogP contribution >= 0.6 is 0 Å². The monoisotopic (exact) mass is 774 g/mol. The number of hydrogen-bond donors (Lipinski definition) is 1. The van der Waals surface area contributed by atoms with Crippen molar-refractivity contribution in [2.45, 2.75) is 59.5 Å². The van der Waals surface area contributed by atoms with Crippen LogP contribution in [0.15, 0.2) is 69.5 Å². The highest BCUT2D eigenvalue weighted by molar-refractivity contribution is 5.86. The first kappa shape index (κ1) is 37.6. The lowest BCUT2D eigenvalue weighted by Gasteiger charge is -2.17. The molecule has 2 aromatic heterocycles. The summed E-state index contributed by atoms with van der Waals surface area (Å²) in [6.45, 7) is 5.86. The molecule has 2 saturated heterocycles. The normalized spacial score (nSPS) is 18.2. The lowest BCUT2D eigenvalue weighted by atomic mass is 9.91. The molecule has 0 radical (unpaired) electrons. The highest BCUT2D eigenvalue weighted by Crippen LogP contribution is 2.41. The lowest BCUT2D eigenvalue weighted by Crippen LogP contribution is -2.23. The largest absolute Gasteiger partial charge is 0.481 e. The third-order valence-corrected chi connectivity index (χ3v) is 11.0. The second-order valence-corrected chi connectivity index (χ2v) is 15.0. The van der Waals surface area contributed by atoms with Gasteiger partial charge >= 0.3 is 18.8 Å². The molecule has 6 aromatic rings. The molecule has 9 nitrogen and oxygen atoms in total. The van der Waals surface area contributed by atoms with Crippen molar-refractivity contribution >= 4 is 28.2 Å². The Morgan fingerprint density at radius 1 is 0.857 bits per heavy atom. The fourth-order valence-electron chi connectivity index (χ4n) is 8.12. The van der Waals surface area contributed by atoms with Crippen molar-refractivity contribution in [3.05, 3.63) is 88.5 Å². The molecule has 2 aliphatic rings. The average Bonchev–Trinajstić information content (AvgIpc) is 3.95. The predicted octanol–water partition coefficient (Wildman–Crippen LogP) is 9.96. The van der Waals surface area contributed by atoms with Crippen molar-refractivity contribution in [3.8, 4) is 39.8 Å². The number of carboxylic acids is 1. The van der Waals surface area contributed by atoms with E-state index in [1.807, 2.05) is 43.0 Å². The molecular formula is C42H39F5N4O5. The maximum Gasteiger partial charge on any atom is 0.420 e. The minimum Gasteiger partial charge on any atom is -0.481 e. The molecule has 8 rings (SSSR count). The molecule has 0 aliphatic carbocycles. The van der Waals surface area contributed by atoms with Crippen molar-refractivity contribution in [3.63, 3.8) is 0 Å². The van der Waals surface area contributed by atoms with Crippen molar-refractivity contribution in [1.29, 1.82) is 0 Å². The molecule has 14 heteroatoms. The van der Waals surface area contributed by atoms with Crippen LogP contribution in [0.2, 0.25) is 0 Å². The fourth-order valence-corrected chi connectivity index (χ4v) is 8.12. The quantitative estimate of drug-likeness (QED) is 0.136. The van der Waals surface area contributed by atoms with Gasteiger partial charge in [-0.1, -0.05) is 31.2 Å². The first-order valence-electron chi connectivity index (χ1n) is 18.5. The van der Waals surface area contributed by atoms with Crippen molar-refractivity contribution in [1.82, 2.24) is 19.8 Å². The molecule has 2 atom stereocenters. The van der Waals surface area contributed by atoms with Crippen molar-refractivity contribution in [2.24, 2.45) is 11.8 Å². The Kier molecular flexibility index (Phi) is 9.82. The van der Waals surface area contributed by atoms with E-state index in [-0.39, 0.29) is 40.8 Å². The molecule has 1 N–H and O–H groups in total. The van der Waals surface area contributed by atoms with E-state index < -0.39 is 30.2 Å². The Hall–Kier alpha value is -5.34. The number of rotatable bonds is 10. The summed E-state index contributed by atoms with van der Waals surface area (Å²) in [7, 11) is 0. The SMILES string of the molecule is Cc1c(-c2nc3cc(CN4CC[C@@H](C(=O)O)C4)c(OC(F)F)cc3o2)cccc1-c1cccc(-c2nc3cc(CN4CCC(C)C4)cc(C(F)(F)F)c3o2)c1C. The first-order chi connectivity index (χ1) is 26.7. The zero-order valence-corrected chi connectivity index (χ0v) is 30.9. The number of carboxylic acid groups (broad SMARTS) is 1. The summed E-state index contributed by atoms with van der Waals surface area (Å²) < 4.78 is 87.0. The molecule has 2 aliphatic heterocycles. The second-order valence-electron chi connectivity index (χ2n) is 15.0. The molecule has 2 fully saturated rings. The van der Waals surface area contributed by atoms with Crippen LogP contribution < -0.4 is 4.74 Å². The van der Waals surface area contributed by atoms with E-state index in [1.165, 1.54) is 12.1 Å². The minimum absolute atomic E-state index is 0.0779. The number of hydrogen-bond acceptors (Lipinski definition) is 8.